The third kappa shape index (κ3) is 3.41. The Hall–Kier alpha value is -2.44. The van der Waals surface area contributed by atoms with Crippen LogP contribution in [0.3, 0.4) is 0 Å². The number of nitrogens with zero attached hydrogens (tertiary/aromatic N) is 2. The number of hydrogen-bond acceptors (Lipinski definition) is 3. The van der Waals surface area contributed by atoms with Gasteiger partial charge in [-0.05, 0) is 30.8 Å². The molecule has 2 aromatic rings. The number of imidazole rings is 1. The zero-order valence-corrected chi connectivity index (χ0v) is 12.2. The number of ether oxygens (including phenoxy) is 1. The Morgan fingerprint density at radius 3 is 2.73 bits per heavy atom. The summed E-state index contributed by atoms with van der Waals surface area (Å²) in [6, 6.07) is 4.08. The molecule has 2 N–H and O–H groups in total. The van der Waals surface area contributed by atoms with Crippen molar-refractivity contribution in [3.8, 4) is 5.75 Å². The van der Waals surface area contributed by atoms with Crippen LogP contribution in [0.5, 0.6) is 5.75 Å². The van der Waals surface area contributed by atoms with Crippen LogP contribution >= 0.6 is 0 Å². The monoisotopic (exact) mass is 311 g/mol. The first kappa shape index (κ1) is 15.9. The van der Waals surface area contributed by atoms with Gasteiger partial charge >= 0.3 is 6.36 Å². The standard InChI is InChI=1S/C15H16F3N3O/c1-3-4-10(7-8-19)14-20-12-9-11(22-15(16,17)18)5-6-13(12)21(14)2/h4-9H,3,19H2,1-2H3/b8-7-,10-4+. The fourth-order valence-electron chi connectivity index (χ4n) is 2.19. The van der Waals surface area contributed by atoms with Gasteiger partial charge in [0.1, 0.15) is 11.6 Å². The van der Waals surface area contributed by atoms with Gasteiger partial charge in [-0.1, -0.05) is 13.0 Å². The van der Waals surface area contributed by atoms with Crippen LogP contribution in [0.15, 0.2) is 36.6 Å². The van der Waals surface area contributed by atoms with Crippen molar-refractivity contribution in [3.63, 3.8) is 0 Å². The van der Waals surface area contributed by atoms with E-state index in [1.165, 1.54) is 18.3 Å². The first-order valence-corrected chi connectivity index (χ1v) is 6.66. The molecule has 22 heavy (non-hydrogen) atoms. The van der Waals surface area contributed by atoms with Gasteiger partial charge in [0.15, 0.2) is 0 Å². The SMILES string of the molecule is CC/C=C(\C=C/N)c1nc2cc(OC(F)(F)F)ccc2n1C. The lowest BCUT2D eigenvalue weighted by molar-refractivity contribution is -0.274. The van der Waals surface area contributed by atoms with E-state index in [1.807, 2.05) is 13.0 Å². The van der Waals surface area contributed by atoms with E-state index in [-0.39, 0.29) is 5.75 Å². The van der Waals surface area contributed by atoms with Crippen molar-refractivity contribution in [2.75, 3.05) is 0 Å². The van der Waals surface area contributed by atoms with E-state index in [4.69, 9.17) is 5.73 Å². The second-order valence-electron chi connectivity index (χ2n) is 4.62. The Labute approximate surface area is 125 Å². The summed E-state index contributed by atoms with van der Waals surface area (Å²) in [4.78, 5) is 4.38. The van der Waals surface area contributed by atoms with Gasteiger partial charge in [0.2, 0.25) is 0 Å². The molecule has 0 saturated heterocycles. The van der Waals surface area contributed by atoms with Crippen LogP contribution in [-0.2, 0) is 7.05 Å². The van der Waals surface area contributed by atoms with E-state index < -0.39 is 6.36 Å². The smallest absolute Gasteiger partial charge is 0.406 e. The first-order chi connectivity index (χ1) is 10.4. The molecule has 0 amide bonds. The van der Waals surface area contributed by atoms with Gasteiger partial charge in [0.05, 0.1) is 11.0 Å². The lowest BCUT2D eigenvalue weighted by atomic mass is 10.2. The zero-order valence-electron chi connectivity index (χ0n) is 12.2. The minimum atomic E-state index is -4.72. The summed E-state index contributed by atoms with van der Waals surface area (Å²) in [6.45, 7) is 1.97. The maximum absolute atomic E-state index is 12.3. The molecule has 0 spiro atoms. The molecule has 118 valence electrons. The normalized spacial score (nSPS) is 13.2. The number of benzene rings is 1. The number of hydrogen-bond donors (Lipinski definition) is 1. The van der Waals surface area contributed by atoms with Gasteiger partial charge < -0.3 is 15.0 Å². The van der Waals surface area contributed by atoms with E-state index in [2.05, 4.69) is 9.72 Å². The van der Waals surface area contributed by atoms with E-state index in [1.54, 1.807) is 23.8 Å². The van der Waals surface area contributed by atoms with Crippen molar-refractivity contribution < 1.29 is 17.9 Å². The van der Waals surface area contributed by atoms with E-state index in [0.29, 0.717) is 16.9 Å². The highest BCUT2D eigenvalue weighted by Gasteiger charge is 2.31. The number of aryl methyl sites for hydroxylation is 1. The maximum atomic E-state index is 12.3. The van der Waals surface area contributed by atoms with Gasteiger partial charge in [-0.15, -0.1) is 13.2 Å². The Bertz CT molecular complexity index is 729. The third-order valence-corrected chi connectivity index (χ3v) is 3.04. The number of nitrogens with two attached hydrogens (primary N) is 1. The fraction of sp³-hybridized carbons (Fsp3) is 0.267. The quantitative estimate of drug-likeness (QED) is 0.875. The van der Waals surface area contributed by atoms with Crippen LogP contribution in [0.1, 0.15) is 19.2 Å². The molecule has 0 atom stereocenters. The van der Waals surface area contributed by atoms with E-state index in [9.17, 15) is 13.2 Å². The molecule has 0 radical (unpaired) electrons. The minimum Gasteiger partial charge on any atom is -0.406 e. The molecular formula is C15H16F3N3O. The molecule has 1 aromatic carbocycles. The number of allylic oxidation sites excluding steroid dienone is 3. The molecular weight excluding hydrogens is 295 g/mol. The molecule has 0 bridgehead atoms. The van der Waals surface area contributed by atoms with Gasteiger partial charge in [0, 0.05) is 18.7 Å². The Morgan fingerprint density at radius 1 is 1.41 bits per heavy atom. The summed E-state index contributed by atoms with van der Waals surface area (Å²) in [5.41, 5.74) is 7.37. The van der Waals surface area contributed by atoms with Crippen molar-refractivity contribution in [2.24, 2.45) is 12.8 Å². The van der Waals surface area contributed by atoms with Crippen LogP contribution in [0, 0.1) is 0 Å². The molecule has 4 nitrogen and oxygen atoms in total. The van der Waals surface area contributed by atoms with Crippen molar-refractivity contribution in [2.45, 2.75) is 19.7 Å². The molecule has 0 aliphatic rings. The van der Waals surface area contributed by atoms with Crippen molar-refractivity contribution >= 4 is 16.6 Å². The summed E-state index contributed by atoms with van der Waals surface area (Å²) in [6.07, 6.45) is 1.11. The molecule has 0 unspecified atom stereocenters. The van der Waals surface area contributed by atoms with Crippen molar-refractivity contribution in [1.82, 2.24) is 9.55 Å². The highest BCUT2D eigenvalue weighted by atomic mass is 19.4. The lowest BCUT2D eigenvalue weighted by Gasteiger charge is -2.08. The number of rotatable bonds is 4. The highest BCUT2D eigenvalue weighted by molar-refractivity contribution is 5.83. The Balaban J connectivity index is 2.51. The van der Waals surface area contributed by atoms with Crippen LogP contribution in [0.25, 0.3) is 16.6 Å². The fourth-order valence-corrected chi connectivity index (χ4v) is 2.19. The summed E-state index contributed by atoms with van der Waals surface area (Å²) < 4.78 is 42.5. The zero-order chi connectivity index (χ0) is 16.3. The van der Waals surface area contributed by atoms with Crippen molar-refractivity contribution in [3.05, 3.63) is 42.4 Å². The van der Waals surface area contributed by atoms with Gasteiger partial charge in [0.25, 0.3) is 0 Å². The predicted octanol–water partition coefficient (Wildman–Crippen LogP) is 3.74. The topological polar surface area (TPSA) is 53.1 Å². The summed E-state index contributed by atoms with van der Waals surface area (Å²) >= 11 is 0. The molecule has 0 fully saturated rings. The van der Waals surface area contributed by atoms with Gasteiger partial charge in [-0.25, -0.2) is 4.98 Å². The molecule has 2 rings (SSSR count). The maximum Gasteiger partial charge on any atom is 0.573 e. The first-order valence-electron chi connectivity index (χ1n) is 6.66. The van der Waals surface area contributed by atoms with E-state index >= 15 is 0 Å². The second-order valence-corrected chi connectivity index (χ2v) is 4.62. The average molecular weight is 311 g/mol. The Morgan fingerprint density at radius 2 is 2.14 bits per heavy atom. The van der Waals surface area contributed by atoms with Crippen LogP contribution < -0.4 is 10.5 Å². The molecule has 1 aromatic heterocycles. The van der Waals surface area contributed by atoms with Crippen molar-refractivity contribution in [1.29, 1.82) is 0 Å². The third-order valence-electron chi connectivity index (χ3n) is 3.04. The number of halogens is 3. The van der Waals surface area contributed by atoms with Gasteiger partial charge in [-0.3, -0.25) is 0 Å². The number of alkyl halides is 3. The van der Waals surface area contributed by atoms with Crippen LogP contribution in [0.2, 0.25) is 0 Å². The van der Waals surface area contributed by atoms with Crippen LogP contribution in [-0.4, -0.2) is 15.9 Å². The highest BCUT2D eigenvalue weighted by Crippen LogP contribution is 2.28. The van der Waals surface area contributed by atoms with Gasteiger partial charge in [-0.2, -0.15) is 0 Å². The Kier molecular flexibility index (Phi) is 4.44. The number of aromatic nitrogens is 2. The molecule has 1 heterocycles. The molecule has 7 heteroatoms. The lowest BCUT2D eigenvalue weighted by Crippen LogP contribution is -2.16. The molecule has 0 aliphatic heterocycles. The minimum absolute atomic E-state index is 0.292. The predicted molar refractivity (Wildman–Crippen MR) is 79.0 cm³/mol. The van der Waals surface area contributed by atoms with Crippen LogP contribution in [0.4, 0.5) is 13.2 Å². The largest absolute Gasteiger partial charge is 0.573 e. The molecule has 0 aliphatic carbocycles. The average Bonchev–Trinajstić information content (AvgIpc) is 2.73. The number of fused-ring (bicyclic) bond motifs is 1. The summed E-state index contributed by atoms with van der Waals surface area (Å²) in [5.74, 6) is 0.336. The summed E-state index contributed by atoms with van der Waals surface area (Å²) in [5, 5.41) is 0. The molecule has 0 saturated carbocycles. The van der Waals surface area contributed by atoms with E-state index in [0.717, 1.165) is 12.0 Å². The summed E-state index contributed by atoms with van der Waals surface area (Å²) in [7, 11) is 1.79. The second kappa shape index (κ2) is 6.13.